The lowest BCUT2D eigenvalue weighted by Gasteiger charge is -2.21. The average Bonchev–Trinajstić information content (AvgIpc) is 2.34. The first-order valence-electron chi connectivity index (χ1n) is 5.92. The van der Waals surface area contributed by atoms with E-state index in [4.69, 9.17) is 11.1 Å². The van der Waals surface area contributed by atoms with Crippen molar-refractivity contribution in [3.05, 3.63) is 0 Å². The molecule has 19 heavy (non-hydrogen) atoms. The number of rotatable bonds is 9. The van der Waals surface area contributed by atoms with Gasteiger partial charge in [-0.05, 0) is 26.8 Å². The van der Waals surface area contributed by atoms with Gasteiger partial charge < -0.3 is 16.4 Å². The molecular formula is C11H21N5O3. The fourth-order valence-corrected chi connectivity index (χ4v) is 1.53. The van der Waals surface area contributed by atoms with E-state index in [1.54, 1.807) is 7.05 Å². The smallest absolute Gasteiger partial charge is 0.246 e. The zero-order valence-electron chi connectivity index (χ0n) is 11.2. The van der Waals surface area contributed by atoms with Crippen molar-refractivity contribution in [2.24, 2.45) is 5.73 Å². The van der Waals surface area contributed by atoms with E-state index in [1.165, 1.54) is 6.92 Å². The average molecular weight is 271 g/mol. The Kier molecular flexibility index (Phi) is 8.10. The number of Topliss-reactive ketones (excluding diaryl/α,β-unsaturated/α-hetero) is 1. The van der Waals surface area contributed by atoms with E-state index in [2.05, 4.69) is 10.6 Å². The largest absolute Gasteiger partial charge is 0.370 e. The van der Waals surface area contributed by atoms with E-state index >= 15 is 0 Å². The van der Waals surface area contributed by atoms with Crippen LogP contribution < -0.4 is 16.4 Å². The van der Waals surface area contributed by atoms with Crippen molar-refractivity contribution in [2.45, 2.75) is 25.8 Å². The summed E-state index contributed by atoms with van der Waals surface area (Å²) >= 11 is 0. The summed E-state index contributed by atoms with van der Waals surface area (Å²) in [5, 5.41) is 12.4. The number of imide groups is 1. The lowest BCUT2D eigenvalue weighted by molar-refractivity contribution is -0.142. The first kappa shape index (κ1) is 17.0. The van der Waals surface area contributed by atoms with E-state index in [9.17, 15) is 14.4 Å². The predicted molar refractivity (Wildman–Crippen MR) is 70.5 cm³/mol. The van der Waals surface area contributed by atoms with Crippen molar-refractivity contribution in [1.29, 1.82) is 5.41 Å². The Hall–Kier alpha value is -1.96. The zero-order chi connectivity index (χ0) is 14.8. The molecule has 0 spiro atoms. The quantitative estimate of drug-likeness (QED) is 0.173. The van der Waals surface area contributed by atoms with Gasteiger partial charge >= 0.3 is 0 Å². The van der Waals surface area contributed by atoms with Gasteiger partial charge in [0.1, 0.15) is 5.78 Å². The summed E-state index contributed by atoms with van der Waals surface area (Å²) in [6, 6.07) is -0.543. The predicted octanol–water partition coefficient (Wildman–Crippen LogP) is -1.59. The fraction of sp³-hybridized carbons (Fsp3) is 0.636. The number of guanidine groups is 1. The number of carbonyl (C=O) groups is 3. The van der Waals surface area contributed by atoms with Crippen LogP contribution in [0.25, 0.3) is 0 Å². The Balaban J connectivity index is 4.32. The standard InChI is InChI=1S/C11H21N5O3/c1-8(18)6-16(7-17)10(19)9(14-2)4-3-5-15-11(12)13/h7,9,14H,3-6H2,1-2H3,(H4,12,13,15). The number of amides is 2. The van der Waals surface area contributed by atoms with E-state index in [0.717, 1.165) is 4.90 Å². The van der Waals surface area contributed by atoms with Gasteiger partial charge in [-0.1, -0.05) is 0 Å². The van der Waals surface area contributed by atoms with Crippen LogP contribution in [0.1, 0.15) is 19.8 Å². The summed E-state index contributed by atoms with van der Waals surface area (Å²) in [6.45, 7) is 1.57. The molecule has 8 heteroatoms. The van der Waals surface area contributed by atoms with Gasteiger partial charge in [0.05, 0.1) is 12.6 Å². The second-order valence-corrected chi connectivity index (χ2v) is 4.10. The maximum atomic E-state index is 12.0. The van der Waals surface area contributed by atoms with Gasteiger partial charge in [0, 0.05) is 6.54 Å². The highest BCUT2D eigenvalue weighted by atomic mass is 16.2. The van der Waals surface area contributed by atoms with Gasteiger partial charge in [0.15, 0.2) is 5.96 Å². The molecule has 0 fully saturated rings. The van der Waals surface area contributed by atoms with Crippen LogP contribution in [-0.4, -0.2) is 55.1 Å². The van der Waals surface area contributed by atoms with Gasteiger partial charge in [-0.15, -0.1) is 0 Å². The van der Waals surface area contributed by atoms with Crippen LogP contribution in [0.15, 0.2) is 0 Å². The van der Waals surface area contributed by atoms with Crippen molar-refractivity contribution in [3.8, 4) is 0 Å². The number of nitrogens with zero attached hydrogens (tertiary/aromatic N) is 1. The molecule has 0 aromatic carbocycles. The van der Waals surface area contributed by atoms with Crippen LogP contribution in [0.4, 0.5) is 0 Å². The van der Waals surface area contributed by atoms with E-state index < -0.39 is 11.9 Å². The normalized spacial score (nSPS) is 11.5. The molecule has 0 saturated heterocycles. The number of hydrogen-bond donors (Lipinski definition) is 4. The molecule has 5 N–H and O–H groups in total. The molecule has 0 saturated carbocycles. The highest BCUT2D eigenvalue weighted by Gasteiger charge is 2.23. The minimum Gasteiger partial charge on any atom is -0.370 e. The molecule has 0 heterocycles. The Bertz CT molecular complexity index is 345. The lowest BCUT2D eigenvalue weighted by Crippen LogP contribution is -2.46. The van der Waals surface area contributed by atoms with Crippen LogP contribution in [0.2, 0.25) is 0 Å². The number of likely N-dealkylation sites (N-methyl/N-ethyl adjacent to an activating group) is 1. The third kappa shape index (κ3) is 7.14. The van der Waals surface area contributed by atoms with Gasteiger partial charge in [-0.2, -0.15) is 0 Å². The minimum atomic E-state index is -0.543. The van der Waals surface area contributed by atoms with Gasteiger partial charge in [0.2, 0.25) is 12.3 Å². The highest BCUT2D eigenvalue weighted by molar-refractivity contribution is 5.94. The van der Waals surface area contributed by atoms with Crippen molar-refractivity contribution in [1.82, 2.24) is 15.5 Å². The number of nitrogens with two attached hydrogens (primary N) is 1. The van der Waals surface area contributed by atoms with E-state index in [0.29, 0.717) is 25.8 Å². The summed E-state index contributed by atoms with van der Waals surface area (Å²) < 4.78 is 0. The summed E-state index contributed by atoms with van der Waals surface area (Å²) in [5.74, 6) is -0.817. The van der Waals surface area contributed by atoms with Crippen molar-refractivity contribution < 1.29 is 14.4 Å². The van der Waals surface area contributed by atoms with E-state index in [-0.39, 0.29) is 18.3 Å². The van der Waals surface area contributed by atoms with Crippen molar-refractivity contribution >= 4 is 24.1 Å². The Morgan fingerprint density at radius 1 is 1.47 bits per heavy atom. The minimum absolute atomic E-state index is 0.126. The van der Waals surface area contributed by atoms with Crippen LogP contribution in [-0.2, 0) is 14.4 Å². The number of carbonyl (C=O) groups excluding carboxylic acids is 3. The van der Waals surface area contributed by atoms with Gasteiger partial charge in [-0.3, -0.25) is 24.7 Å². The number of nitrogens with one attached hydrogen (secondary N) is 3. The second-order valence-electron chi connectivity index (χ2n) is 4.10. The molecule has 0 aromatic heterocycles. The molecule has 108 valence electrons. The number of hydrogen-bond acceptors (Lipinski definition) is 5. The third-order valence-corrected chi connectivity index (χ3v) is 2.43. The number of ketones is 1. The van der Waals surface area contributed by atoms with Gasteiger partial charge in [-0.25, -0.2) is 0 Å². The molecule has 0 rings (SSSR count). The van der Waals surface area contributed by atoms with Crippen molar-refractivity contribution in [2.75, 3.05) is 20.1 Å². The Morgan fingerprint density at radius 2 is 2.11 bits per heavy atom. The topological polar surface area (TPSA) is 128 Å². The first-order chi connectivity index (χ1) is 8.92. The van der Waals surface area contributed by atoms with Crippen LogP contribution in [0, 0.1) is 5.41 Å². The van der Waals surface area contributed by atoms with Crippen molar-refractivity contribution in [3.63, 3.8) is 0 Å². The highest BCUT2D eigenvalue weighted by Crippen LogP contribution is 2.01. The Morgan fingerprint density at radius 3 is 2.53 bits per heavy atom. The summed E-state index contributed by atoms with van der Waals surface area (Å²) in [6.07, 6.45) is 1.43. The van der Waals surface area contributed by atoms with E-state index in [1.807, 2.05) is 0 Å². The molecule has 1 atom stereocenters. The maximum absolute atomic E-state index is 12.0. The van der Waals surface area contributed by atoms with Crippen LogP contribution >= 0.6 is 0 Å². The third-order valence-electron chi connectivity index (χ3n) is 2.43. The van der Waals surface area contributed by atoms with Crippen LogP contribution in [0.3, 0.4) is 0 Å². The molecule has 0 bridgehead atoms. The monoisotopic (exact) mass is 271 g/mol. The molecule has 2 amide bonds. The molecule has 0 aliphatic carbocycles. The molecule has 0 radical (unpaired) electrons. The fourth-order valence-electron chi connectivity index (χ4n) is 1.53. The lowest BCUT2D eigenvalue weighted by atomic mass is 10.1. The SMILES string of the molecule is CNC(CCCNC(=N)N)C(=O)N(C=O)CC(C)=O. The molecular weight excluding hydrogens is 250 g/mol. The second kappa shape index (κ2) is 9.03. The molecule has 8 nitrogen and oxygen atoms in total. The zero-order valence-corrected chi connectivity index (χ0v) is 11.2. The molecule has 1 unspecified atom stereocenters. The first-order valence-corrected chi connectivity index (χ1v) is 5.92. The summed E-state index contributed by atoms with van der Waals surface area (Å²) in [7, 11) is 1.61. The Labute approximate surface area is 112 Å². The summed E-state index contributed by atoms with van der Waals surface area (Å²) in [5.41, 5.74) is 5.12. The molecule has 0 aliphatic rings. The maximum Gasteiger partial charge on any atom is 0.246 e. The summed E-state index contributed by atoms with van der Waals surface area (Å²) in [4.78, 5) is 34.6. The van der Waals surface area contributed by atoms with Crippen LogP contribution in [0.5, 0.6) is 0 Å². The molecule has 0 aliphatic heterocycles. The van der Waals surface area contributed by atoms with Gasteiger partial charge in [0.25, 0.3) is 0 Å². The molecule has 0 aromatic rings.